The molecule has 3 heteroatoms. The van der Waals surface area contributed by atoms with Crippen LogP contribution in [0.1, 0.15) is 19.8 Å². The lowest BCUT2D eigenvalue weighted by Gasteiger charge is -2.21. The normalized spacial score (nSPS) is 34.8. The highest BCUT2D eigenvalue weighted by Crippen LogP contribution is 2.24. The number of rotatable bonds is 1. The van der Waals surface area contributed by atoms with E-state index in [1.54, 1.807) is 7.05 Å². The Balaban J connectivity index is 2.67. The minimum atomic E-state index is -0.269. The molecule has 3 nitrogen and oxygen atoms in total. The quantitative estimate of drug-likeness (QED) is 0.429. The molecule has 1 heterocycles. The maximum atomic E-state index is 5.64. The van der Waals surface area contributed by atoms with Crippen molar-refractivity contribution in [1.29, 1.82) is 0 Å². The van der Waals surface area contributed by atoms with Gasteiger partial charge < -0.3 is 10.5 Å². The summed E-state index contributed by atoms with van der Waals surface area (Å²) >= 11 is 0. The first kappa shape index (κ1) is 7.54. The molecule has 0 aliphatic carbocycles. The van der Waals surface area contributed by atoms with Crippen LogP contribution >= 0.6 is 0 Å². The Morgan fingerprint density at radius 2 is 2.40 bits per heavy atom. The van der Waals surface area contributed by atoms with Crippen molar-refractivity contribution in [3.05, 3.63) is 0 Å². The Bertz CT molecular complexity index is 148. The zero-order valence-corrected chi connectivity index (χ0v) is 6.55. The fourth-order valence-electron chi connectivity index (χ4n) is 1.22. The van der Waals surface area contributed by atoms with Crippen molar-refractivity contribution in [3.8, 4) is 0 Å². The van der Waals surface area contributed by atoms with Gasteiger partial charge in [-0.05, 0) is 19.8 Å². The maximum Gasteiger partial charge on any atom is 0.126 e. The van der Waals surface area contributed by atoms with Gasteiger partial charge in [0, 0.05) is 13.7 Å². The molecule has 1 aliphatic rings. The number of nitrogens with zero attached hydrogens (tertiary/aromatic N) is 1. The Morgan fingerprint density at radius 3 is 2.80 bits per heavy atom. The minimum absolute atomic E-state index is 0.269. The fourth-order valence-corrected chi connectivity index (χ4v) is 1.22. The van der Waals surface area contributed by atoms with Crippen molar-refractivity contribution < 1.29 is 4.74 Å². The average molecular weight is 142 g/mol. The summed E-state index contributed by atoms with van der Waals surface area (Å²) in [5, 5.41) is 0. The fraction of sp³-hybridized carbons (Fsp3) is 0.857. The van der Waals surface area contributed by atoms with Gasteiger partial charge in [-0.3, -0.25) is 4.99 Å². The van der Waals surface area contributed by atoms with Crippen LogP contribution in [0.3, 0.4) is 0 Å². The van der Waals surface area contributed by atoms with E-state index in [1.165, 1.54) is 0 Å². The van der Waals surface area contributed by atoms with Crippen molar-refractivity contribution in [1.82, 2.24) is 0 Å². The van der Waals surface area contributed by atoms with Gasteiger partial charge in [-0.1, -0.05) is 0 Å². The van der Waals surface area contributed by atoms with Crippen molar-refractivity contribution in [2.45, 2.75) is 25.4 Å². The molecule has 1 saturated heterocycles. The second-order valence-electron chi connectivity index (χ2n) is 2.79. The molecule has 58 valence electrons. The van der Waals surface area contributed by atoms with Crippen LogP contribution in [0.4, 0.5) is 0 Å². The first-order valence-electron chi connectivity index (χ1n) is 3.56. The van der Waals surface area contributed by atoms with Crippen LogP contribution in [0.15, 0.2) is 4.99 Å². The summed E-state index contributed by atoms with van der Waals surface area (Å²) in [6.07, 6.45) is 2.09. The van der Waals surface area contributed by atoms with Crippen LogP contribution in [-0.2, 0) is 4.74 Å². The largest absolute Gasteiger partial charge is 0.385 e. The number of ether oxygens (including phenoxy) is 1. The third-order valence-electron chi connectivity index (χ3n) is 2.00. The van der Waals surface area contributed by atoms with E-state index in [0.29, 0.717) is 5.84 Å². The summed E-state index contributed by atoms with van der Waals surface area (Å²) in [5.74, 6) is 0.616. The van der Waals surface area contributed by atoms with Crippen LogP contribution in [0.2, 0.25) is 0 Å². The van der Waals surface area contributed by atoms with E-state index < -0.39 is 0 Å². The predicted molar refractivity (Wildman–Crippen MR) is 41.1 cm³/mol. The lowest BCUT2D eigenvalue weighted by atomic mass is 10.0. The minimum Gasteiger partial charge on any atom is -0.385 e. The smallest absolute Gasteiger partial charge is 0.126 e. The van der Waals surface area contributed by atoms with E-state index in [2.05, 4.69) is 4.99 Å². The number of hydrogen-bond donors (Lipinski definition) is 1. The molecule has 0 aromatic rings. The van der Waals surface area contributed by atoms with Crippen molar-refractivity contribution in [3.63, 3.8) is 0 Å². The van der Waals surface area contributed by atoms with E-state index >= 15 is 0 Å². The van der Waals surface area contributed by atoms with Crippen molar-refractivity contribution in [2.24, 2.45) is 10.7 Å². The molecule has 2 N–H and O–H groups in total. The third-order valence-corrected chi connectivity index (χ3v) is 2.00. The van der Waals surface area contributed by atoms with Crippen LogP contribution in [-0.4, -0.2) is 25.1 Å². The molecular weight excluding hydrogens is 128 g/mol. The summed E-state index contributed by atoms with van der Waals surface area (Å²) in [6, 6.07) is 0. The molecule has 1 atom stereocenters. The molecular formula is C7H14N2O. The van der Waals surface area contributed by atoms with Crippen LogP contribution in [0, 0.1) is 0 Å². The second-order valence-corrected chi connectivity index (χ2v) is 2.79. The molecule has 0 saturated carbocycles. The first-order chi connectivity index (χ1) is 4.69. The average Bonchev–Trinajstić information content (AvgIpc) is 2.36. The SMILES string of the molecule is CN=C(N)C1(C)CCCO1. The highest BCUT2D eigenvalue weighted by Gasteiger charge is 2.33. The molecule has 0 aromatic heterocycles. The highest BCUT2D eigenvalue weighted by molar-refractivity contribution is 5.88. The maximum absolute atomic E-state index is 5.64. The standard InChI is InChI=1S/C7H14N2O/c1-7(6(8)9-2)4-3-5-10-7/h3-5H2,1-2H3,(H2,8,9). The first-order valence-corrected chi connectivity index (χ1v) is 3.56. The van der Waals surface area contributed by atoms with Gasteiger partial charge in [0.15, 0.2) is 0 Å². The van der Waals surface area contributed by atoms with E-state index in [0.717, 1.165) is 19.4 Å². The van der Waals surface area contributed by atoms with Gasteiger partial charge in [-0.25, -0.2) is 0 Å². The van der Waals surface area contributed by atoms with E-state index in [9.17, 15) is 0 Å². The van der Waals surface area contributed by atoms with Gasteiger partial charge in [-0.2, -0.15) is 0 Å². The lowest BCUT2D eigenvalue weighted by Crippen LogP contribution is -2.40. The Hall–Kier alpha value is -0.570. The second kappa shape index (κ2) is 2.58. The number of aliphatic imine (C=N–C) groups is 1. The summed E-state index contributed by atoms with van der Waals surface area (Å²) in [5.41, 5.74) is 5.37. The van der Waals surface area contributed by atoms with E-state index in [-0.39, 0.29) is 5.60 Å². The zero-order chi connectivity index (χ0) is 7.61. The number of hydrogen-bond acceptors (Lipinski definition) is 2. The van der Waals surface area contributed by atoms with E-state index in [1.807, 2.05) is 6.92 Å². The van der Waals surface area contributed by atoms with Crippen LogP contribution in [0.5, 0.6) is 0 Å². The molecule has 10 heavy (non-hydrogen) atoms. The van der Waals surface area contributed by atoms with Gasteiger partial charge in [0.1, 0.15) is 11.4 Å². The van der Waals surface area contributed by atoms with Crippen LogP contribution in [0.25, 0.3) is 0 Å². The van der Waals surface area contributed by atoms with Gasteiger partial charge in [0.05, 0.1) is 0 Å². The number of amidine groups is 1. The predicted octanol–water partition coefficient (Wildman–Crippen LogP) is 0.542. The molecule has 0 spiro atoms. The Morgan fingerprint density at radius 1 is 1.70 bits per heavy atom. The molecule has 0 radical (unpaired) electrons. The van der Waals surface area contributed by atoms with Crippen molar-refractivity contribution >= 4 is 5.84 Å². The van der Waals surface area contributed by atoms with Crippen LogP contribution < -0.4 is 5.73 Å². The third kappa shape index (κ3) is 1.14. The van der Waals surface area contributed by atoms with Gasteiger partial charge in [0.2, 0.25) is 0 Å². The van der Waals surface area contributed by atoms with Gasteiger partial charge >= 0.3 is 0 Å². The summed E-state index contributed by atoms with van der Waals surface area (Å²) in [6.45, 7) is 2.80. The monoisotopic (exact) mass is 142 g/mol. The van der Waals surface area contributed by atoms with Gasteiger partial charge in [-0.15, -0.1) is 0 Å². The molecule has 0 bridgehead atoms. The summed E-state index contributed by atoms with van der Waals surface area (Å²) in [4.78, 5) is 3.91. The molecule has 0 aromatic carbocycles. The van der Waals surface area contributed by atoms with Crippen molar-refractivity contribution in [2.75, 3.05) is 13.7 Å². The molecule has 1 unspecified atom stereocenters. The number of nitrogens with two attached hydrogens (primary N) is 1. The summed E-state index contributed by atoms with van der Waals surface area (Å²) < 4.78 is 5.44. The van der Waals surface area contributed by atoms with E-state index in [4.69, 9.17) is 10.5 Å². The molecule has 1 aliphatic heterocycles. The summed E-state index contributed by atoms with van der Waals surface area (Å²) in [7, 11) is 1.70. The van der Waals surface area contributed by atoms with Gasteiger partial charge in [0.25, 0.3) is 0 Å². The highest BCUT2D eigenvalue weighted by atomic mass is 16.5. The lowest BCUT2D eigenvalue weighted by molar-refractivity contribution is 0.0766. The Labute approximate surface area is 61.3 Å². The molecule has 0 amide bonds. The topological polar surface area (TPSA) is 47.6 Å². The molecule has 1 rings (SSSR count). The zero-order valence-electron chi connectivity index (χ0n) is 6.55. The Kier molecular flexibility index (Phi) is 1.94. The molecule has 1 fully saturated rings.